The number of fused-ring (bicyclic) bond motifs is 6. The number of carbonyl (C=O) groups excluding carboxylic acids is 1. The predicted octanol–water partition coefficient (Wildman–Crippen LogP) is 5.01. The van der Waals surface area contributed by atoms with Gasteiger partial charge in [-0.05, 0) is 87.0 Å². The van der Waals surface area contributed by atoms with Gasteiger partial charge in [-0.15, -0.1) is 0 Å². The largest absolute Gasteiger partial charge is 0.462 e. The van der Waals surface area contributed by atoms with Crippen molar-refractivity contribution in [2.75, 3.05) is 0 Å². The van der Waals surface area contributed by atoms with Crippen LogP contribution in [0.25, 0.3) is 6.08 Å². The van der Waals surface area contributed by atoms with Gasteiger partial charge in [0, 0.05) is 19.0 Å². The van der Waals surface area contributed by atoms with E-state index in [0.29, 0.717) is 24.2 Å². The highest BCUT2D eigenvalue weighted by Crippen LogP contribution is 2.59. The normalized spacial score (nSPS) is 38.7. The first-order valence-electron chi connectivity index (χ1n) is 11.4. The van der Waals surface area contributed by atoms with Gasteiger partial charge in [0.15, 0.2) is 0 Å². The van der Waals surface area contributed by atoms with Crippen molar-refractivity contribution in [2.45, 2.75) is 77.7 Å². The summed E-state index contributed by atoms with van der Waals surface area (Å²) in [6.07, 6.45) is 10.6. The molecule has 0 spiro atoms. The van der Waals surface area contributed by atoms with Crippen molar-refractivity contribution in [3.63, 3.8) is 0 Å². The van der Waals surface area contributed by atoms with Gasteiger partial charge in [-0.2, -0.15) is 5.10 Å². The lowest BCUT2D eigenvalue weighted by atomic mass is 9.54. The van der Waals surface area contributed by atoms with Crippen molar-refractivity contribution in [1.82, 2.24) is 9.78 Å². The first-order valence-corrected chi connectivity index (χ1v) is 11.4. The number of carbonyl (C=O) groups is 1. The zero-order valence-corrected chi connectivity index (χ0v) is 17.8. The summed E-state index contributed by atoms with van der Waals surface area (Å²) in [6, 6.07) is 0. The monoisotopic (exact) mass is 382 g/mol. The molecule has 0 amide bonds. The minimum Gasteiger partial charge on any atom is -0.462 e. The molecule has 0 bridgehead atoms. The molecule has 152 valence electrons. The molecule has 4 aliphatic rings. The fourth-order valence-electron chi connectivity index (χ4n) is 7.60. The molecule has 0 radical (unpaired) electrons. The first-order chi connectivity index (χ1) is 13.5. The Hall–Kier alpha value is -1.58. The van der Waals surface area contributed by atoms with Crippen LogP contribution in [0.1, 0.15) is 81.7 Å². The van der Waals surface area contributed by atoms with Crippen LogP contribution in [0.4, 0.5) is 0 Å². The Bertz CT molecular complexity index is 823. The van der Waals surface area contributed by atoms with Crippen LogP contribution in [-0.4, -0.2) is 21.9 Å². The van der Waals surface area contributed by atoms with Gasteiger partial charge in [-0.3, -0.25) is 9.48 Å². The number of aromatic nitrogens is 2. The molecule has 4 aliphatic carbocycles. The van der Waals surface area contributed by atoms with Crippen LogP contribution in [0, 0.1) is 36.5 Å². The molecule has 0 N–H and O–H groups in total. The summed E-state index contributed by atoms with van der Waals surface area (Å²) in [4.78, 5) is 11.9. The molecule has 0 aliphatic heterocycles. The molecule has 1 aromatic rings. The molecule has 4 heteroatoms. The van der Waals surface area contributed by atoms with Crippen LogP contribution >= 0.6 is 0 Å². The number of allylic oxidation sites excluding steroid dienone is 1. The third-order valence-electron chi connectivity index (χ3n) is 8.60. The maximum Gasteiger partial charge on any atom is 0.305 e. The molecular weight excluding hydrogens is 348 g/mol. The molecule has 1 aromatic heterocycles. The highest BCUT2D eigenvalue weighted by molar-refractivity contribution is 5.69. The molecule has 0 aromatic carbocycles. The van der Waals surface area contributed by atoms with E-state index in [1.165, 1.54) is 49.1 Å². The molecule has 7 atom stereocenters. The summed E-state index contributed by atoms with van der Waals surface area (Å²) < 4.78 is 7.92. The molecular formula is C24H34N2O2. The summed E-state index contributed by atoms with van der Waals surface area (Å²) in [7, 11) is 2.09. The third-order valence-corrected chi connectivity index (χ3v) is 8.60. The summed E-state index contributed by atoms with van der Waals surface area (Å²) in [5.74, 6) is 4.23. The van der Waals surface area contributed by atoms with Gasteiger partial charge in [0.1, 0.15) is 6.10 Å². The molecule has 7 unspecified atom stereocenters. The molecule has 0 saturated heterocycles. The third kappa shape index (κ3) is 2.63. The molecule has 1 heterocycles. The van der Waals surface area contributed by atoms with Gasteiger partial charge in [-0.25, -0.2) is 0 Å². The minimum atomic E-state index is -0.0119. The number of nitrogens with zero attached hydrogens (tertiary/aromatic N) is 2. The van der Waals surface area contributed by atoms with E-state index in [9.17, 15) is 4.79 Å². The fraction of sp³-hybridized carbons (Fsp3) is 0.750. The van der Waals surface area contributed by atoms with Crippen LogP contribution in [0.3, 0.4) is 0 Å². The van der Waals surface area contributed by atoms with Crippen LogP contribution in [0.5, 0.6) is 0 Å². The summed E-state index contributed by atoms with van der Waals surface area (Å²) in [5, 5.41) is 4.73. The zero-order chi connectivity index (χ0) is 19.6. The van der Waals surface area contributed by atoms with E-state index >= 15 is 0 Å². The second kappa shape index (κ2) is 6.74. The Labute approximate surface area is 168 Å². The van der Waals surface area contributed by atoms with E-state index in [2.05, 4.69) is 31.7 Å². The van der Waals surface area contributed by atoms with E-state index in [-0.39, 0.29) is 12.1 Å². The maximum absolute atomic E-state index is 11.9. The predicted molar refractivity (Wildman–Crippen MR) is 110 cm³/mol. The van der Waals surface area contributed by atoms with Gasteiger partial charge in [0.2, 0.25) is 0 Å². The quantitative estimate of drug-likeness (QED) is 0.675. The topological polar surface area (TPSA) is 44.1 Å². The zero-order valence-electron chi connectivity index (χ0n) is 17.8. The number of aryl methyl sites for hydroxylation is 2. The number of ether oxygens (including phenoxy) is 1. The standard InChI is InChI=1S/C24H34N2O2/c1-5-22(27)28-21-11-10-16-17-7-6-15-12-20-23(14(3)25-26(20)4)13(2)24(15)19(17)9-8-18(16)21/h12-13,16-19,21,24H,5-11H2,1-4H3. The minimum absolute atomic E-state index is 0.0119. The van der Waals surface area contributed by atoms with Crippen LogP contribution in [0.2, 0.25) is 0 Å². The van der Waals surface area contributed by atoms with E-state index < -0.39 is 0 Å². The van der Waals surface area contributed by atoms with Crippen molar-refractivity contribution in [2.24, 2.45) is 36.6 Å². The Morgan fingerprint density at radius 1 is 1.14 bits per heavy atom. The SMILES string of the molecule is CCC(=O)OC1CCC2C1CCC1C2CCC2=Cc3c(c(C)nn3C)C(C)C21. The second-order valence-electron chi connectivity index (χ2n) is 9.77. The lowest BCUT2D eigenvalue weighted by molar-refractivity contribution is -0.152. The van der Waals surface area contributed by atoms with Crippen molar-refractivity contribution < 1.29 is 9.53 Å². The molecule has 3 fully saturated rings. The van der Waals surface area contributed by atoms with Crippen LogP contribution < -0.4 is 0 Å². The first kappa shape index (κ1) is 18.4. The average Bonchev–Trinajstić information content (AvgIpc) is 3.22. The van der Waals surface area contributed by atoms with Gasteiger partial charge in [0.05, 0.1) is 11.4 Å². The lowest BCUT2D eigenvalue weighted by Gasteiger charge is -2.51. The van der Waals surface area contributed by atoms with Crippen molar-refractivity contribution >= 4 is 12.0 Å². The highest BCUT2D eigenvalue weighted by atomic mass is 16.5. The van der Waals surface area contributed by atoms with E-state index in [4.69, 9.17) is 9.84 Å². The number of rotatable bonds is 2. The van der Waals surface area contributed by atoms with Crippen LogP contribution in [-0.2, 0) is 16.6 Å². The second-order valence-corrected chi connectivity index (χ2v) is 9.77. The van der Waals surface area contributed by atoms with Gasteiger partial charge in [-0.1, -0.05) is 19.4 Å². The summed E-state index contributed by atoms with van der Waals surface area (Å²) >= 11 is 0. The summed E-state index contributed by atoms with van der Waals surface area (Å²) in [6.45, 7) is 6.52. The average molecular weight is 383 g/mol. The van der Waals surface area contributed by atoms with Crippen molar-refractivity contribution in [1.29, 1.82) is 0 Å². The Kier molecular flexibility index (Phi) is 4.44. The Balaban J connectivity index is 1.41. The van der Waals surface area contributed by atoms with Crippen molar-refractivity contribution in [3.05, 3.63) is 22.5 Å². The number of hydrogen-bond acceptors (Lipinski definition) is 3. The van der Waals surface area contributed by atoms with Gasteiger partial charge < -0.3 is 4.74 Å². The van der Waals surface area contributed by atoms with Crippen molar-refractivity contribution in [3.8, 4) is 0 Å². The maximum atomic E-state index is 11.9. The number of esters is 1. The van der Waals surface area contributed by atoms with Gasteiger partial charge in [0.25, 0.3) is 0 Å². The Morgan fingerprint density at radius 3 is 2.64 bits per heavy atom. The van der Waals surface area contributed by atoms with E-state index in [0.717, 1.165) is 24.2 Å². The molecule has 3 saturated carbocycles. The van der Waals surface area contributed by atoms with E-state index in [1.807, 2.05) is 6.92 Å². The summed E-state index contributed by atoms with van der Waals surface area (Å²) in [5.41, 5.74) is 5.72. The molecule has 4 nitrogen and oxygen atoms in total. The fourth-order valence-corrected chi connectivity index (χ4v) is 7.60. The molecule has 5 rings (SSSR count). The van der Waals surface area contributed by atoms with Gasteiger partial charge >= 0.3 is 5.97 Å². The number of hydrogen-bond donors (Lipinski definition) is 0. The Morgan fingerprint density at radius 2 is 1.86 bits per heavy atom. The smallest absolute Gasteiger partial charge is 0.305 e. The highest BCUT2D eigenvalue weighted by Gasteiger charge is 2.52. The molecule has 28 heavy (non-hydrogen) atoms. The van der Waals surface area contributed by atoms with Crippen LogP contribution in [0.15, 0.2) is 5.57 Å². The lowest BCUT2D eigenvalue weighted by Crippen LogP contribution is -2.44. The van der Waals surface area contributed by atoms with E-state index in [1.54, 1.807) is 5.57 Å².